The largest absolute Gasteiger partial charge is 0.493 e. The number of nitrogens with one attached hydrogen (secondary N) is 1. The number of halogens is 3. The van der Waals surface area contributed by atoms with Crippen LogP contribution in [0, 0.1) is 5.41 Å². The number of hydrogen-bond donors (Lipinski definition) is 3. The lowest BCUT2D eigenvalue weighted by Gasteiger charge is -2.15. The standard InChI is InChI=1S/C28H26F3N3O9S/c29-28(30,31)26(39)43-22(32)8-4-5-11-42-19-9-10-34-18(14-19)12-17(13-23(34)35)24(36)33-16-27(25(37)38)15-21(27)44(40,41)20-6-2-1-3-7-20/h1-3,6-7,9-10,12-15,22H,4-5,8,11,16,32H2,(H,33,36)(H,37,38)/p+1/t22-,27?/m1/s1. The Labute approximate surface area is 247 Å². The van der Waals surface area contributed by atoms with Gasteiger partial charge in [0.25, 0.3) is 11.5 Å². The van der Waals surface area contributed by atoms with Gasteiger partial charge in [0.2, 0.25) is 16.1 Å². The molecule has 2 heterocycles. The zero-order valence-electron chi connectivity index (χ0n) is 22.9. The van der Waals surface area contributed by atoms with Crippen LogP contribution < -0.4 is 21.3 Å². The Balaban J connectivity index is 1.36. The fraction of sp³-hybridized carbons (Fsp3) is 0.286. The van der Waals surface area contributed by atoms with Gasteiger partial charge in [-0.1, -0.05) is 18.2 Å². The molecule has 0 saturated heterocycles. The van der Waals surface area contributed by atoms with E-state index in [0.29, 0.717) is 18.6 Å². The van der Waals surface area contributed by atoms with Gasteiger partial charge >= 0.3 is 18.1 Å². The van der Waals surface area contributed by atoms with Gasteiger partial charge in [-0.3, -0.25) is 18.8 Å². The lowest BCUT2D eigenvalue weighted by Crippen LogP contribution is -2.63. The van der Waals surface area contributed by atoms with Crippen molar-refractivity contribution in [2.24, 2.45) is 5.41 Å². The molecule has 12 nitrogen and oxygen atoms in total. The van der Waals surface area contributed by atoms with E-state index in [1.54, 1.807) is 6.07 Å². The van der Waals surface area contributed by atoms with Crippen LogP contribution in [-0.2, 0) is 24.2 Å². The minimum Gasteiger partial charge on any atom is -0.493 e. The van der Waals surface area contributed by atoms with E-state index in [9.17, 15) is 45.9 Å². The van der Waals surface area contributed by atoms with Gasteiger partial charge in [-0.05, 0) is 43.2 Å². The number of nitrogens with zero attached hydrogens (tertiary/aromatic N) is 1. The summed E-state index contributed by atoms with van der Waals surface area (Å²) in [5.74, 6) is -4.25. The number of carbonyl (C=O) groups is 3. The number of ether oxygens (including phenoxy) is 2. The highest BCUT2D eigenvalue weighted by atomic mass is 32.2. The SMILES string of the molecule is [NH3+][C@@H](CCCCOc1ccn2c(=O)cc(C(=O)NCC3(C(=O)O)C=C3S(=O)(=O)c3ccccc3)cc2c1)OC(=O)C(F)(F)F. The number of unbranched alkanes of at least 4 members (excludes halogenated alkanes) is 1. The number of esters is 1. The summed E-state index contributed by atoms with van der Waals surface area (Å²) in [6.07, 6.45) is -3.00. The number of aromatic nitrogens is 1. The summed E-state index contributed by atoms with van der Waals surface area (Å²) in [5, 5.41) is 12.2. The molecule has 1 unspecified atom stereocenters. The van der Waals surface area contributed by atoms with Crippen LogP contribution in [0.5, 0.6) is 5.75 Å². The van der Waals surface area contributed by atoms with Crippen LogP contribution >= 0.6 is 0 Å². The van der Waals surface area contributed by atoms with Crippen molar-refractivity contribution in [1.29, 1.82) is 0 Å². The Morgan fingerprint density at radius 2 is 1.77 bits per heavy atom. The van der Waals surface area contributed by atoms with E-state index in [2.05, 4.69) is 15.8 Å². The molecule has 4 rings (SSSR count). The van der Waals surface area contributed by atoms with Crippen molar-refractivity contribution in [2.45, 2.75) is 36.6 Å². The van der Waals surface area contributed by atoms with E-state index in [1.807, 2.05) is 0 Å². The third kappa shape index (κ3) is 7.08. The second-order valence-electron chi connectivity index (χ2n) is 9.89. The lowest BCUT2D eigenvalue weighted by atomic mass is 10.1. The van der Waals surface area contributed by atoms with Gasteiger partial charge in [0.15, 0.2) is 0 Å². The number of fused-ring (bicyclic) bond motifs is 1. The van der Waals surface area contributed by atoms with E-state index >= 15 is 0 Å². The zero-order valence-corrected chi connectivity index (χ0v) is 23.7. The summed E-state index contributed by atoms with van der Waals surface area (Å²) in [6, 6.07) is 12.6. The van der Waals surface area contributed by atoms with Crippen LogP contribution in [0.25, 0.3) is 5.52 Å². The second kappa shape index (κ2) is 12.5. The Bertz CT molecular complexity index is 1790. The highest BCUT2D eigenvalue weighted by Gasteiger charge is 2.57. The summed E-state index contributed by atoms with van der Waals surface area (Å²) in [5.41, 5.74) is 1.04. The third-order valence-corrected chi connectivity index (χ3v) is 8.67. The molecule has 0 saturated carbocycles. The van der Waals surface area contributed by atoms with Gasteiger partial charge in [0.1, 0.15) is 11.2 Å². The van der Waals surface area contributed by atoms with Gasteiger partial charge in [0.05, 0.1) is 21.9 Å². The molecule has 16 heteroatoms. The van der Waals surface area contributed by atoms with Crippen LogP contribution in [0.3, 0.4) is 0 Å². The highest BCUT2D eigenvalue weighted by molar-refractivity contribution is 7.95. The number of benzene rings is 1. The molecule has 0 radical (unpaired) electrons. The quantitative estimate of drug-likeness (QED) is 0.142. The number of rotatable bonds is 13. The van der Waals surface area contributed by atoms with E-state index in [1.165, 1.54) is 53.1 Å². The van der Waals surface area contributed by atoms with Gasteiger partial charge in [0, 0.05) is 36.9 Å². The molecule has 44 heavy (non-hydrogen) atoms. The van der Waals surface area contributed by atoms with Crippen molar-refractivity contribution in [3.63, 3.8) is 0 Å². The van der Waals surface area contributed by atoms with Crippen LogP contribution in [0.15, 0.2) is 81.5 Å². The number of carboxylic acids is 1. The molecule has 1 aromatic carbocycles. The van der Waals surface area contributed by atoms with Crippen LogP contribution in [-0.4, -0.2) is 61.3 Å². The predicted octanol–water partition coefficient (Wildman–Crippen LogP) is 1.69. The van der Waals surface area contributed by atoms with Crippen molar-refractivity contribution in [3.05, 3.63) is 87.7 Å². The molecule has 2 atom stereocenters. The normalized spacial score (nSPS) is 17.0. The summed E-state index contributed by atoms with van der Waals surface area (Å²) in [6.45, 7) is -0.423. The van der Waals surface area contributed by atoms with Crippen molar-refractivity contribution in [3.8, 4) is 5.75 Å². The van der Waals surface area contributed by atoms with Crippen LogP contribution in [0.2, 0.25) is 0 Å². The van der Waals surface area contributed by atoms with E-state index in [4.69, 9.17) is 4.74 Å². The molecule has 1 aliphatic carbocycles. The number of quaternary nitrogens is 1. The molecule has 1 amide bonds. The molecule has 0 bridgehead atoms. The maximum absolute atomic E-state index is 12.9. The maximum atomic E-state index is 12.9. The lowest BCUT2D eigenvalue weighted by molar-refractivity contribution is -0.484. The third-order valence-electron chi connectivity index (χ3n) is 6.72. The van der Waals surface area contributed by atoms with Crippen molar-refractivity contribution in [2.75, 3.05) is 13.2 Å². The number of sulfone groups is 1. The van der Waals surface area contributed by atoms with Gasteiger partial charge in [-0.25, -0.2) is 13.2 Å². The summed E-state index contributed by atoms with van der Waals surface area (Å²) < 4.78 is 73.7. The topological polar surface area (TPSA) is 185 Å². The summed E-state index contributed by atoms with van der Waals surface area (Å²) >= 11 is 0. The fourth-order valence-corrected chi connectivity index (χ4v) is 6.07. The molecule has 0 fully saturated rings. The number of carboxylic acid groups (broad SMARTS) is 1. The minimum atomic E-state index is -5.10. The van der Waals surface area contributed by atoms with E-state index in [-0.39, 0.29) is 33.9 Å². The molecule has 234 valence electrons. The molecule has 3 aromatic rings. The van der Waals surface area contributed by atoms with Gasteiger partial charge in [-0.2, -0.15) is 13.2 Å². The molecule has 2 aromatic heterocycles. The van der Waals surface area contributed by atoms with Gasteiger partial charge < -0.3 is 25.6 Å². The van der Waals surface area contributed by atoms with Crippen molar-refractivity contribution < 1.29 is 56.3 Å². The smallest absolute Gasteiger partial charge is 0.491 e. The molecule has 0 spiro atoms. The number of amides is 1. The number of aliphatic carboxylic acids is 1. The highest BCUT2D eigenvalue weighted by Crippen LogP contribution is 2.49. The van der Waals surface area contributed by atoms with Crippen molar-refractivity contribution >= 4 is 33.2 Å². The fourth-order valence-electron chi connectivity index (χ4n) is 4.31. The first kappa shape index (κ1) is 32.2. The molecule has 5 N–H and O–H groups in total. The van der Waals surface area contributed by atoms with Gasteiger partial charge in [-0.15, -0.1) is 0 Å². The Morgan fingerprint density at radius 1 is 1.07 bits per heavy atom. The average Bonchev–Trinajstić information content (AvgIpc) is 3.73. The number of hydrogen-bond acceptors (Lipinski definition) is 8. The summed E-state index contributed by atoms with van der Waals surface area (Å²) in [4.78, 5) is 48.0. The monoisotopic (exact) mass is 638 g/mol. The average molecular weight is 639 g/mol. The maximum Gasteiger partial charge on any atom is 0.491 e. The van der Waals surface area contributed by atoms with E-state index in [0.717, 1.165) is 12.1 Å². The zero-order chi connectivity index (χ0) is 32.3. The van der Waals surface area contributed by atoms with E-state index < -0.39 is 57.6 Å². The first-order valence-corrected chi connectivity index (χ1v) is 14.6. The molecule has 1 aliphatic rings. The second-order valence-corrected chi connectivity index (χ2v) is 11.8. The Kier molecular flexibility index (Phi) is 9.15. The summed E-state index contributed by atoms with van der Waals surface area (Å²) in [7, 11) is -4.10. The number of carbonyl (C=O) groups excluding carboxylic acids is 2. The first-order chi connectivity index (χ1) is 20.6. The molecular formula is C28H27F3N3O9S+. The van der Waals surface area contributed by atoms with Crippen LogP contribution in [0.1, 0.15) is 29.6 Å². The Morgan fingerprint density at radius 3 is 2.43 bits per heavy atom. The first-order valence-electron chi connectivity index (χ1n) is 13.1. The predicted molar refractivity (Wildman–Crippen MR) is 146 cm³/mol. The van der Waals surface area contributed by atoms with Crippen molar-refractivity contribution in [1.82, 2.24) is 9.72 Å². The Hall–Kier alpha value is -4.70. The molecule has 0 aliphatic heterocycles. The molecular weight excluding hydrogens is 611 g/mol. The number of alkyl halides is 3. The minimum absolute atomic E-state index is 0.0785. The number of pyridine rings is 2. The van der Waals surface area contributed by atoms with Crippen LogP contribution in [0.4, 0.5) is 13.2 Å².